The summed E-state index contributed by atoms with van der Waals surface area (Å²) in [7, 11) is 2.72. The maximum atomic E-state index is 11.6. The molecule has 28 heavy (non-hydrogen) atoms. The third-order valence-electron chi connectivity index (χ3n) is 4.05. The van der Waals surface area contributed by atoms with Crippen molar-refractivity contribution in [2.45, 2.75) is 13.5 Å². The molecule has 0 saturated carbocycles. The van der Waals surface area contributed by atoms with E-state index in [-0.39, 0.29) is 12.4 Å². The standard InChI is InChI=1S/C22H21NO5/c1-15-19(23-21(28-15)17-9-5-4-6-10-17)14-27-18-11-7-8-16(12-18)13-20(25-2)22(24)26-3/h4-13H,14H2,1-3H3. The molecule has 6 heteroatoms. The zero-order chi connectivity index (χ0) is 19.9. The van der Waals surface area contributed by atoms with Crippen LogP contribution < -0.4 is 4.74 Å². The lowest BCUT2D eigenvalue weighted by atomic mass is 10.2. The molecule has 6 nitrogen and oxygen atoms in total. The second kappa shape index (κ2) is 8.90. The molecule has 1 aromatic heterocycles. The van der Waals surface area contributed by atoms with Gasteiger partial charge in [0.15, 0.2) is 0 Å². The highest BCUT2D eigenvalue weighted by atomic mass is 16.6. The largest absolute Gasteiger partial charge is 0.490 e. The fourth-order valence-electron chi connectivity index (χ4n) is 2.57. The van der Waals surface area contributed by atoms with Gasteiger partial charge < -0.3 is 18.6 Å². The summed E-state index contributed by atoms with van der Waals surface area (Å²) in [5.41, 5.74) is 2.40. The minimum absolute atomic E-state index is 0.111. The van der Waals surface area contributed by atoms with Crippen molar-refractivity contribution < 1.29 is 23.4 Å². The van der Waals surface area contributed by atoms with E-state index in [1.54, 1.807) is 12.1 Å². The molecule has 0 aliphatic carbocycles. The molecule has 0 amide bonds. The summed E-state index contributed by atoms with van der Waals surface area (Å²) in [6, 6.07) is 17.0. The zero-order valence-electron chi connectivity index (χ0n) is 16.0. The van der Waals surface area contributed by atoms with Gasteiger partial charge in [-0.05, 0) is 42.8 Å². The predicted molar refractivity (Wildman–Crippen MR) is 104 cm³/mol. The molecule has 0 aliphatic rings. The first-order chi connectivity index (χ1) is 13.6. The molecule has 2 aromatic carbocycles. The van der Waals surface area contributed by atoms with E-state index >= 15 is 0 Å². The Morgan fingerprint density at radius 1 is 1.07 bits per heavy atom. The first kappa shape index (κ1) is 19.2. The Morgan fingerprint density at radius 3 is 2.57 bits per heavy atom. The maximum Gasteiger partial charge on any atom is 0.373 e. The second-order valence-electron chi connectivity index (χ2n) is 5.95. The molecule has 0 aliphatic heterocycles. The molecule has 0 bridgehead atoms. The number of hydrogen-bond donors (Lipinski definition) is 0. The van der Waals surface area contributed by atoms with Gasteiger partial charge in [-0.15, -0.1) is 0 Å². The SMILES string of the molecule is COC(=O)C(=Cc1cccc(OCc2nc(-c3ccccc3)oc2C)c1)OC. The van der Waals surface area contributed by atoms with Crippen molar-refractivity contribution >= 4 is 12.0 Å². The minimum Gasteiger partial charge on any atom is -0.490 e. The van der Waals surface area contributed by atoms with Gasteiger partial charge in [0.05, 0.1) is 14.2 Å². The van der Waals surface area contributed by atoms with Crippen LogP contribution >= 0.6 is 0 Å². The van der Waals surface area contributed by atoms with Crippen molar-refractivity contribution in [3.63, 3.8) is 0 Å². The van der Waals surface area contributed by atoms with Crippen molar-refractivity contribution in [2.75, 3.05) is 14.2 Å². The molecule has 0 N–H and O–H groups in total. The van der Waals surface area contributed by atoms with Crippen LogP contribution in [0.3, 0.4) is 0 Å². The van der Waals surface area contributed by atoms with Crippen LogP contribution in [0.2, 0.25) is 0 Å². The Bertz CT molecular complexity index is 976. The third-order valence-corrected chi connectivity index (χ3v) is 4.05. The number of oxazole rings is 1. The first-order valence-corrected chi connectivity index (χ1v) is 8.69. The van der Waals surface area contributed by atoms with Crippen LogP contribution in [0, 0.1) is 6.92 Å². The number of ether oxygens (including phenoxy) is 3. The number of nitrogens with zero attached hydrogens (tertiary/aromatic N) is 1. The highest BCUT2D eigenvalue weighted by Crippen LogP contribution is 2.23. The Kier molecular flexibility index (Phi) is 6.11. The summed E-state index contributed by atoms with van der Waals surface area (Å²) in [6.07, 6.45) is 1.59. The molecule has 0 saturated heterocycles. The molecule has 0 fully saturated rings. The van der Waals surface area contributed by atoms with E-state index in [4.69, 9.17) is 13.9 Å². The van der Waals surface area contributed by atoms with E-state index in [2.05, 4.69) is 9.72 Å². The quantitative estimate of drug-likeness (QED) is 0.344. The van der Waals surface area contributed by atoms with E-state index in [0.717, 1.165) is 16.8 Å². The molecule has 144 valence electrons. The van der Waals surface area contributed by atoms with Gasteiger partial charge in [-0.1, -0.05) is 30.3 Å². The molecule has 1 heterocycles. The third kappa shape index (κ3) is 4.59. The van der Waals surface area contributed by atoms with Gasteiger partial charge in [0.2, 0.25) is 11.6 Å². The van der Waals surface area contributed by atoms with Gasteiger partial charge in [0.1, 0.15) is 23.8 Å². The lowest BCUT2D eigenvalue weighted by Crippen LogP contribution is -2.06. The van der Waals surface area contributed by atoms with Crippen molar-refractivity contribution in [3.05, 3.63) is 77.4 Å². The van der Waals surface area contributed by atoms with Crippen LogP contribution in [-0.2, 0) is 20.9 Å². The summed E-state index contributed by atoms with van der Waals surface area (Å²) in [5.74, 6) is 1.48. The Labute approximate surface area is 163 Å². The summed E-state index contributed by atoms with van der Waals surface area (Å²) < 4.78 is 21.3. The zero-order valence-corrected chi connectivity index (χ0v) is 16.0. The van der Waals surface area contributed by atoms with Crippen LogP contribution in [0.5, 0.6) is 5.75 Å². The summed E-state index contributed by atoms with van der Waals surface area (Å²) in [4.78, 5) is 16.2. The number of aryl methyl sites for hydroxylation is 1. The molecule has 0 spiro atoms. The van der Waals surface area contributed by atoms with Crippen molar-refractivity contribution in [1.82, 2.24) is 4.98 Å². The summed E-state index contributed by atoms with van der Waals surface area (Å²) in [5, 5.41) is 0. The average Bonchev–Trinajstić information content (AvgIpc) is 3.11. The number of benzene rings is 2. The lowest BCUT2D eigenvalue weighted by molar-refractivity contribution is -0.139. The number of carbonyl (C=O) groups is 1. The number of methoxy groups -OCH3 is 2. The topological polar surface area (TPSA) is 70.8 Å². The average molecular weight is 379 g/mol. The van der Waals surface area contributed by atoms with Gasteiger partial charge in [0, 0.05) is 5.56 Å². The van der Waals surface area contributed by atoms with E-state index < -0.39 is 5.97 Å². The van der Waals surface area contributed by atoms with Gasteiger partial charge in [-0.2, -0.15) is 0 Å². The molecule has 3 rings (SSSR count). The van der Waals surface area contributed by atoms with Crippen molar-refractivity contribution in [1.29, 1.82) is 0 Å². The van der Waals surface area contributed by atoms with E-state index in [9.17, 15) is 4.79 Å². The first-order valence-electron chi connectivity index (χ1n) is 8.69. The van der Waals surface area contributed by atoms with Gasteiger partial charge in [-0.3, -0.25) is 0 Å². The number of aromatic nitrogens is 1. The van der Waals surface area contributed by atoms with Crippen LogP contribution in [0.1, 0.15) is 17.0 Å². The lowest BCUT2D eigenvalue weighted by Gasteiger charge is -2.07. The smallest absolute Gasteiger partial charge is 0.373 e. The molecule has 0 radical (unpaired) electrons. The number of carbonyl (C=O) groups excluding carboxylic acids is 1. The molecular formula is C22H21NO5. The highest BCUT2D eigenvalue weighted by molar-refractivity contribution is 5.91. The molecule has 0 atom stereocenters. The molecule has 3 aromatic rings. The van der Waals surface area contributed by atoms with E-state index in [0.29, 0.717) is 17.4 Å². The monoisotopic (exact) mass is 379 g/mol. The molecular weight excluding hydrogens is 358 g/mol. The summed E-state index contributed by atoms with van der Waals surface area (Å²) >= 11 is 0. The molecule has 0 unspecified atom stereocenters. The Hall–Kier alpha value is -3.54. The number of esters is 1. The number of hydrogen-bond acceptors (Lipinski definition) is 6. The fourth-order valence-corrected chi connectivity index (χ4v) is 2.57. The van der Waals surface area contributed by atoms with E-state index in [1.165, 1.54) is 14.2 Å². The van der Waals surface area contributed by atoms with E-state index in [1.807, 2.05) is 55.5 Å². The van der Waals surface area contributed by atoms with Crippen molar-refractivity contribution in [2.24, 2.45) is 0 Å². The van der Waals surface area contributed by atoms with Gasteiger partial charge in [-0.25, -0.2) is 9.78 Å². The Balaban J connectivity index is 1.73. The maximum absolute atomic E-state index is 11.6. The van der Waals surface area contributed by atoms with Gasteiger partial charge >= 0.3 is 5.97 Å². The Morgan fingerprint density at radius 2 is 1.86 bits per heavy atom. The fraction of sp³-hybridized carbons (Fsp3) is 0.182. The normalized spacial score (nSPS) is 11.2. The van der Waals surface area contributed by atoms with Crippen LogP contribution in [0.4, 0.5) is 0 Å². The second-order valence-corrected chi connectivity index (χ2v) is 5.95. The van der Waals surface area contributed by atoms with Crippen LogP contribution in [-0.4, -0.2) is 25.2 Å². The summed E-state index contributed by atoms with van der Waals surface area (Å²) in [6.45, 7) is 2.13. The minimum atomic E-state index is -0.541. The number of rotatable bonds is 7. The predicted octanol–water partition coefficient (Wildman–Crippen LogP) is 4.39. The van der Waals surface area contributed by atoms with Crippen molar-refractivity contribution in [3.8, 4) is 17.2 Å². The van der Waals surface area contributed by atoms with Gasteiger partial charge in [0.25, 0.3) is 0 Å². The van der Waals surface area contributed by atoms with Crippen LogP contribution in [0.25, 0.3) is 17.5 Å². The highest BCUT2D eigenvalue weighted by Gasteiger charge is 2.12. The van der Waals surface area contributed by atoms with Crippen LogP contribution in [0.15, 0.2) is 64.8 Å².